The molecule has 29 heavy (non-hydrogen) atoms. The Hall–Kier alpha value is -2.90. The Kier molecular flexibility index (Phi) is 5.51. The fraction of sp³-hybridized carbons (Fsp3) is 0.286. The predicted octanol–water partition coefficient (Wildman–Crippen LogP) is 2.50. The Morgan fingerprint density at radius 1 is 1.24 bits per heavy atom. The zero-order chi connectivity index (χ0) is 20.4. The van der Waals surface area contributed by atoms with Gasteiger partial charge in [0.05, 0.1) is 23.6 Å². The number of hydrogen-bond acceptors (Lipinski definition) is 4. The summed E-state index contributed by atoms with van der Waals surface area (Å²) in [4.78, 5) is 34.4. The molecular weight excluding hydrogens is 392 g/mol. The Morgan fingerprint density at radius 3 is 2.76 bits per heavy atom. The van der Waals surface area contributed by atoms with E-state index in [2.05, 4.69) is 15.3 Å². The van der Waals surface area contributed by atoms with Gasteiger partial charge in [0, 0.05) is 17.1 Å². The maximum absolute atomic E-state index is 12.8. The smallest absolute Gasteiger partial charge is 0.254 e. The number of para-hydroxylation sites is 2. The number of aromatic nitrogens is 2. The topological polar surface area (TPSA) is 98.3 Å². The van der Waals surface area contributed by atoms with Crippen LogP contribution < -0.4 is 5.32 Å². The molecule has 2 heterocycles. The Balaban J connectivity index is 1.40. The molecule has 0 spiro atoms. The number of H-pyrrole nitrogens is 1. The van der Waals surface area contributed by atoms with Crippen molar-refractivity contribution in [3.63, 3.8) is 0 Å². The zero-order valence-corrected chi connectivity index (χ0v) is 16.4. The first-order valence-electron chi connectivity index (χ1n) is 9.49. The van der Waals surface area contributed by atoms with E-state index in [4.69, 9.17) is 11.6 Å². The van der Waals surface area contributed by atoms with Crippen LogP contribution in [0.1, 0.15) is 29.0 Å². The molecule has 0 bridgehead atoms. The first-order valence-corrected chi connectivity index (χ1v) is 9.86. The van der Waals surface area contributed by atoms with E-state index >= 15 is 0 Å². The highest BCUT2D eigenvalue weighted by Crippen LogP contribution is 2.23. The zero-order valence-electron chi connectivity index (χ0n) is 15.6. The minimum atomic E-state index is -1.31. The molecule has 7 nitrogen and oxygen atoms in total. The number of carbonyl (C=O) groups excluding carboxylic acids is 2. The number of rotatable bonds is 5. The third kappa shape index (κ3) is 4.11. The second-order valence-corrected chi connectivity index (χ2v) is 7.51. The number of hydrogen-bond donors (Lipinski definition) is 3. The van der Waals surface area contributed by atoms with Gasteiger partial charge in [-0.2, -0.15) is 0 Å². The number of aliphatic hydroxyl groups is 1. The van der Waals surface area contributed by atoms with Crippen molar-refractivity contribution in [1.29, 1.82) is 0 Å². The average Bonchev–Trinajstić information content (AvgIpc) is 3.38. The summed E-state index contributed by atoms with van der Waals surface area (Å²) in [5.74, 6) is -0.133. The van der Waals surface area contributed by atoms with Crippen molar-refractivity contribution in [1.82, 2.24) is 20.2 Å². The largest absolute Gasteiger partial charge is 0.381 e. The Morgan fingerprint density at radius 2 is 2.00 bits per heavy atom. The van der Waals surface area contributed by atoms with Crippen molar-refractivity contribution in [2.75, 3.05) is 6.54 Å². The van der Waals surface area contributed by atoms with Gasteiger partial charge in [0.15, 0.2) is 6.10 Å². The van der Waals surface area contributed by atoms with E-state index in [1.165, 1.54) is 0 Å². The first kappa shape index (κ1) is 19.4. The second kappa shape index (κ2) is 8.23. The molecule has 1 saturated heterocycles. The normalized spacial score (nSPS) is 17.4. The van der Waals surface area contributed by atoms with Crippen molar-refractivity contribution in [3.05, 3.63) is 64.9 Å². The van der Waals surface area contributed by atoms with Gasteiger partial charge < -0.3 is 20.3 Å². The quantitative estimate of drug-likeness (QED) is 0.599. The van der Waals surface area contributed by atoms with E-state index in [1.54, 1.807) is 29.2 Å². The van der Waals surface area contributed by atoms with E-state index in [-0.39, 0.29) is 12.5 Å². The van der Waals surface area contributed by atoms with E-state index < -0.39 is 18.1 Å². The van der Waals surface area contributed by atoms with Crippen LogP contribution in [-0.4, -0.2) is 50.5 Å². The van der Waals surface area contributed by atoms with Crippen molar-refractivity contribution in [3.8, 4) is 0 Å². The molecule has 3 aromatic rings. The number of aromatic amines is 1. The van der Waals surface area contributed by atoms with Gasteiger partial charge in [0.1, 0.15) is 5.82 Å². The van der Waals surface area contributed by atoms with E-state index in [0.717, 1.165) is 17.5 Å². The lowest BCUT2D eigenvalue weighted by Crippen LogP contribution is -2.49. The molecule has 1 aromatic heterocycles. The number of halogens is 1. The highest BCUT2D eigenvalue weighted by molar-refractivity contribution is 6.30. The van der Waals surface area contributed by atoms with Crippen LogP contribution in [-0.2, 0) is 11.3 Å². The van der Waals surface area contributed by atoms with Gasteiger partial charge in [0.2, 0.25) is 0 Å². The summed E-state index contributed by atoms with van der Waals surface area (Å²) in [5, 5.41) is 13.8. The van der Waals surface area contributed by atoms with Crippen LogP contribution in [0.2, 0.25) is 5.02 Å². The molecule has 8 heteroatoms. The summed E-state index contributed by atoms with van der Waals surface area (Å²) in [5.41, 5.74) is 2.18. The minimum absolute atomic E-state index is 0.169. The number of benzene rings is 2. The molecular formula is C21H21ClN4O3. The third-order valence-corrected chi connectivity index (χ3v) is 5.40. The van der Waals surface area contributed by atoms with Crippen molar-refractivity contribution >= 4 is 34.4 Å². The minimum Gasteiger partial charge on any atom is -0.381 e. The molecule has 4 rings (SSSR count). The lowest BCUT2D eigenvalue weighted by atomic mass is 10.1. The number of nitrogens with one attached hydrogen (secondary N) is 2. The Bertz CT molecular complexity index is 1000. The number of amides is 2. The molecule has 0 aliphatic carbocycles. The SMILES string of the molecule is O=C(NCc1nc2ccccc2[nH]1)C(O)C1CCCN1C(=O)c1ccc(Cl)cc1. The second-order valence-electron chi connectivity index (χ2n) is 7.08. The molecule has 1 aliphatic rings. The molecule has 0 saturated carbocycles. The van der Waals surface area contributed by atoms with Gasteiger partial charge in [-0.05, 0) is 49.2 Å². The van der Waals surface area contributed by atoms with Crippen LogP contribution in [0, 0.1) is 0 Å². The molecule has 2 amide bonds. The lowest BCUT2D eigenvalue weighted by Gasteiger charge is -2.28. The highest BCUT2D eigenvalue weighted by atomic mass is 35.5. The van der Waals surface area contributed by atoms with Crippen LogP contribution in [0.25, 0.3) is 11.0 Å². The predicted molar refractivity (Wildman–Crippen MR) is 109 cm³/mol. The molecule has 0 radical (unpaired) electrons. The fourth-order valence-corrected chi connectivity index (χ4v) is 3.80. The van der Waals surface area contributed by atoms with Gasteiger partial charge in [-0.25, -0.2) is 4.98 Å². The number of likely N-dealkylation sites (tertiary alicyclic amines) is 1. The summed E-state index contributed by atoms with van der Waals surface area (Å²) in [6, 6.07) is 13.6. The summed E-state index contributed by atoms with van der Waals surface area (Å²) < 4.78 is 0. The van der Waals surface area contributed by atoms with E-state index in [9.17, 15) is 14.7 Å². The summed E-state index contributed by atoms with van der Waals surface area (Å²) in [6.45, 7) is 0.669. The van der Waals surface area contributed by atoms with E-state index in [1.807, 2.05) is 24.3 Å². The number of aliphatic hydroxyl groups excluding tert-OH is 1. The Labute approximate surface area is 172 Å². The van der Waals surface area contributed by atoms with Gasteiger partial charge in [-0.3, -0.25) is 9.59 Å². The number of nitrogens with zero attached hydrogens (tertiary/aromatic N) is 2. The highest BCUT2D eigenvalue weighted by Gasteiger charge is 2.37. The maximum atomic E-state index is 12.8. The van der Waals surface area contributed by atoms with Crippen LogP contribution in [0.15, 0.2) is 48.5 Å². The lowest BCUT2D eigenvalue weighted by molar-refractivity contribution is -0.132. The van der Waals surface area contributed by atoms with Crippen molar-refractivity contribution < 1.29 is 14.7 Å². The standard InChI is InChI=1S/C21H21ClN4O3/c22-14-9-7-13(8-10-14)21(29)26-11-3-6-17(26)19(27)20(28)23-12-18-24-15-4-1-2-5-16(15)25-18/h1-2,4-5,7-10,17,19,27H,3,6,11-12H2,(H,23,28)(H,24,25). The molecule has 2 atom stereocenters. The first-order chi connectivity index (χ1) is 14.0. The average molecular weight is 413 g/mol. The molecule has 2 unspecified atom stereocenters. The van der Waals surface area contributed by atoms with Gasteiger partial charge >= 0.3 is 0 Å². The number of imidazole rings is 1. The molecule has 1 fully saturated rings. The summed E-state index contributed by atoms with van der Waals surface area (Å²) in [7, 11) is 0. The third-order valence-electron chi connectivity index (χ3n) is 5.15. The van der Waals surface area contributed by atoms with Gasteiger partial charge in [-0.15, -0.1) is 0 Å². The molecule has 150 valence electrons. The fourth-order valence-electron chi connectivity index (χ4n) is 3.67. The van der Waals surface area contributed by atoms with E-state index in [0.29, 0.717) is 29.4 Å². The van der Waals surface area contributed by atoms with Crippen LogP contribution in [0.4, 0.5) is 0 Å². The maximum Gasteiger partial charge on any atom is 0.254 e. The van der Waals surface area contributed by atoms with Crippen LogP contribution in [0.5, 0.6) is 0 Å². The number of fused-ring (bicyclic) bond motifs is 1. The monoisotopic (exact) mass is 412 g/mol. The van der Waals surface area contributed by atoms with Crippen molar-refractivity contribution in [2.45, 2.75) is 31.5 Å². The molecule has 1 aliphatic heterocycles. The number of carbonyl (C=O) groups is 2. The molecule has 3 N–H and O–H groups in total. The summed E-state index contributed by atoms with van der Waals surface area (Å²) in [6.07, 6.45) is -0.00524. The summed E-state index contributed by atoms with van der Waals surface area (Å²) >= 11 is 5.88. The van der Waals surface area contributed by atoms with Crippen molar-refractivity contribution in [2.24, 2.45) is 0 Å². The van der Waals surface area contributed by atoms with Crippen LogP contribution >= 0.6 is 11.6 Å². The van der Waals surface area contributed by atoms with Gasteiger partial charge in [0.25, 0.3) is 11.8 Å². The molecule has 2 aromatic carbocycles. The van der Waals surface area contributed by atoms with Gasteiger partial charge in [-0.1, -0.05) is 23.7 Å². The van der Waals surface area contributed by atoms with Crippen LogP contribution in [0.3, 0.4) is 0 Å².